The third kappa shape index (κ3) is 5.89. The summed E-state index contributed by atoms with van der Waals surface area (Å²) in [6.07, 6.45) is 1.01. The third-order valence-corrected chi connectivity index (χ3v) is 7.35. The molecule has 2 aromatic rings. The number of aliphatic carboxylic acids is 1. The van der Waals surface area contributed by atoms with Crippen LogP contribution in [0, 0.1) is 5.41 Å². The van der Waals surface area contributed by atoms with Crippen molar-refractivity contribution in [3.05, 3.63) is 52.1 Å². The van der Waals surface area contributed by atoms with E-state index in [9.17, 15) is 24.3 Å². The highest BCUT2D eigenvalue weighted by atomic mass is 16.5. The minimum absolute atomic E-state index is 0.0909. The zero-order chi connectivity index (χ0) is 30.2. The Morgan fingerprint density at radius 1 is 1.15 bits per heavy atom. The van der Waals surface area contributed by atoms with E-state index in [1.807, 2.05) is 45.8 Å². The summed E-state index contributed by atoms with van der Waals surface area (Å²) in [5.41, 5.74) is 3.41. The quantitative estimate of drug-likeness (QED) is 0.395. The van der Waals surface area contributed by atoms with Crippen molar-refractivity contribution >= 4 is 40.8 Å². The molecule has 0 saturated carbocycles. The van der Waals surface area contributed by atoms with E-state index < -0.39 is 18.0 Å². The molecular weight excluding hydrogens is 526 g/mol. The van der Waals surface area contributed by atoms with Crippen LogP contribution in [-0.2, 0) is 21.5 Å². The molecule has 218 valence electrons. The number of nitrogens with one attached hydrogen (secondary N) is 2. The highest BCUT2D eigenvalue weighted by Gasteiger charge is 2.33. The van der Waals surface area contributed by atoms with E-state index in [0.29, 0.717) is 53.9 Å². The van der Waals surface area contributed by atoms with Crippen molar-refractivity contribution in [2.24, 2.45) is 0 Å². The molecule has 0 radical (unpaired) electrons. The SMILES string of the molecule is CNC(=O)c1cc2c(cc1N(C)C)CN(CC(=O)c1cc(N3CCCC3=O)c(OCC(=O)O)c(C(C)(C)C)c1)C2=N. The highest BCUT2D eigenvalue weighted by molar-refractivity contribution is 6.09. The van der Waals surface area contributed by atoms with Crippen LogP contribution in [-0.4, -0.2) is 80.2 Å². The number of carboxylic acids is 1. The highest BCUT2D eigenvalue weighted by Crippen LogP contribution is 2.42. The summed E-state index contributed by atoms with van der Waals surface area (Å²) >= 11 is 0. The summed E-state index contributed by atoms with van der Waals surface area (Å²) in [5, 5.41) is 20.7. The molecule has 0 spiro atoms. The molecule has 2 aliphatic rings. The molecule has 1 fully saturated rings. The van der Waals surface area contributed by atoms with E-state index in [0.717, 1.165) is 11.3 Å². The fraction of sp³-hybridized carbons (Fsp3) is 0.433. The minimum atomic E-state index is -1.15. The van der Waals surface area contributed by atoms with Gasteiger partial charge in [0.1, 0.15) is 11.6 Å². The molecular formula is C30H37N5O6. The molecule has 11 heteroatoms. The molecule has 0 aromatic heterocycles. The fourth-order valence-electron chi connectivity index (χ4n) is 5.24. The number of hydrogen-bond acceptors (Lipinski definition) is 7. The van der Waals surface area contributed by atoms with Crippen molar-refractivity contribution in [2.75, 3.05) is 50.6 Å². The van der Waals surface area contributed by atoms with Crippen LogP contribution < -0.4 is 19.9 Å². The molecule has 0 unspecified atom stereocenters. The number of hydrogen-bond donors (Lipinski definition) is 3. The first-order valence-corrected chi connectivity index (χ1v) is 13.5. The number of ether oxygens (including phenoxy) is 1. The Morgan fingerprint density at radius 3 is 2.41 bits per heavy atom. The zero-order valence-electron chi connectivity index (χ0n) is 24.4. The van der Waals surface area contributed by atoms with E-state index in [1.54, 1.807) is 35.0 Å². The molecule has 0 atom stereocenters. The van der Waals surface area contributed by atoms with Crippen LogP contribution >= 0.6 is 0 Å². The summed E-state index contributed by atoms with van der Waals surface area (Å²) in [4.78, 5) is 55.4. The molecule has 0 aliphatic carbocycles. The Morgan fingerprint density at radius 2 is 1.85 bits per heavy atom. The van der Waals surface area contributed by atoms with E-state index in [1.165, 1.54) is 0 Å². The number of fused-ring (bicyclic) bond motifs is 1. The van der Waals surface area contributed by atoms with Crippen LogP contribution in [0.25, 0.3) is 0 Å². The summed E-state index contributed by atoms with van der Waals surface area (Å²) < 4.78 is 5.73. The van der Waals surface area contributed by atoms with Gasteiger partial charge in [-0.3, -0.25) is 19.8 Å². The standard InChI is InChI=1S/C30H37N5O6/c1-30(2,3)21-10-17(11-23(27(21)41-16-26(38)39)35-9-7-8-25(35)37)24(36)15-34-14-18-12-22(33(5)6)20(29(40)32-4)13-19(18)28(34)31/h10-13,31H,7-9,14-16H2,1-6H3,(H,32,40)(H,38,39). The van der Waals surface area contributed by atoms with Crippen molar-refractivity contribution in [1.29, 1.82) is 5.41 Å². The van der Waals surface area contributed by atoms with Gasteiger partial charge >= 0.3 is 5.97 Å². The van der Waals surface area contributed by atoms with Crippen LogP contribution in [0.3, 0.4) is 0 Å². The molecule has 2 heterocycles. The second-order valence-corrected chi connectivity index (χ2v) is 11.6. The van der Waals surface area contributed by atoms with Crippen LogP contribution in [0.15, 0.2) is 24.3 Å². The summed E-state index contributed by atoms with van der Waals surface area (Å²) in [5.74, 6) is -1.35. The number of amidine groups is 1. The average molecular weight is 564 g/mol. The predicted molar refractivity (Wildman–Crippen MR) is 156 cm³/mol. The Balaban J connectivity index is 1.71. The summed E-state index contributed by atoms with van der Waals surface area (Å²) in [6.45, 7) is 5.89. The summed E-state index contributed by atoms with van der Waals surface area (Å²) in [6, 6.07) is 6.87. The number of nitrogens with zero attached hydrogens (tertiary/aromatic N) is 3. The van der Waals surface area contributed by atoms with Gasteiger partial charge in [-0.05, 0) is 41.7 Å². The molecule has 41 heavy (non-hydrogen) atoms. The average Bonchev–Trinajstić information content (AvgIpc) is 3.47. The first-order valence-electron chi connectivity index (χ1n) is 13.5. The van der Waals surface area contributed by atoms with E-state index in [4.69, 9.17) is 10.1 Å². The first kappa shape index (κ1) is 29.6. The van der Waals surface area contributed by atoms with Crippen molar-refractivity contribution in [1.82, 2.24) is 10.2 Å². The largest absolute Gasteiger partial charge is 0.479 e. The van der Waals surface area contributed by atoms with Gasteiger partial charge in [0.15, 0.2) is 12.4 Å². The van der Waals surface area contributed by atoms with Gasteiger partial charge in [-0.1, -0.05) is 20.8 Å². The van der Waals surface area contributed by atoms with Gasteiger partial charge in [-0.15, -0.1) is 0 Å². The molecule has 2 aliphatic heterocycles. The first-order chi connectivity index (χ1) is 19.2. The van der Waals surface area contributed by atoms with Gasteiger partial charge in [-0.2, -0.15) is 0 Å². The number of ketones is 1. The van der Waals surface area contributed by atoms with E-state index in [2.05, 4.69) is 5.32 Å². The van der Waals surface area contributed by atoms with Crippen molar-refractivity contribution in [3.8, 4) is 5.75 Å². The lowest BCUT2D eigenvalue weighted by atomic mass is 9.84. The molecule has 4 rings (SSSR count). The monoisotopic (exact) mass is 563 g/mol. The smallest absolute Gasteiger partial charge is 0.341 e. The number of benzene rings is 2. The van der Waals surface area contributed by atoms with Gasteiger partial charge < -0.3 is 29.9 Å². The van der Waals surface area contributed by atoms with Crippen molar-refractivity contribution < 1.29 is 29.0 Å². The Hall–Kier alpha value is -4.41. The molecule has 3 N–H and O–H groups in total. The Bertz CT molecular complexity index is 1440. The number of carboxylic acid groups (broad SMARTS) is 1. The maximum Gasteiger partial charge on any atom is 0.341 e. The maximum atomic E-state index is 13.8. The lowest BCUT2D eigenvalue weighted by Crippen LogP contribution is -2.31. The number of Topliss-reactive ketones (excluding diaryl/α,β-unsaturated/α-hetero) is 1. The fourth-order valence-corrected chi connectivity index (χ4v) is 5.24. The lowest BCUT2D eigenvalue weighted by molar-refractivity contribution is -0.139. The molecule has 11 nitrogen and oxygen atoms in total. The second kappa shape index (κ2) is 11.2. The number of anilines is 2. The predicted octanol–water partition coefficient (Wildman–Crippen LogP) is 3.02. The second-order valence-electron chi connectivity index (χ2n) is 11.6. The number of carbonyl (C=O) groups excluding carboxylic acids is 3. The number of carbonyl (C=O) groups is 4. The molecule has 1 saturated heterocycles. The van der Waals surface area contributed by atoms with E-state index in [-0.39, 0.29) is 35.7 Å². The molecule has 2 aromatic carbocycles. The normalized spacial score (nSPS) is 14.8. The van der Waals surface area contributed by atoms with Gasteiger partial charge in [-0.25, -0.2) is 4.79 Å². The van der Waals surface area contributed by atoms with Crippen LogP contribution in [0.5, 0.6) is 5.75 Å². The van der Waals surface area contributed by atoms with E-state index >= 15 is 0 Å². The van der Waals surface area contributed by atoms with Crippen LogP contribution in [0.2, 0.25) is 0 Å². The molecule has 2 amide bonds. The topological polar surface area (TPSA) is 143 Å². The number of amides is 2. The lowest BCUT2D eigenvalue weighted by Gasteiger charge is -2.29. The summed E-state index contributed by atoms with van der Waals surface area (Å²) in [7, 11) is 5.24. The van der Waals surface area contributed by atoms with Crippen molar-refractivity contribution in [2.45, 2.75) is 45.6 Å². The van der Waals surface area contributed by atoms with Gasteiger partial charge in [0.2, 0.25) is 5.91 Å². The van der Waals surface area contributed by atoms with Crippen LogP contribution in [0.4, 0.5) is 11.4 Å². The van der Waals surface area contributed by atoms with Gasteiger partial charge in [0, 0.05) is 63.0 Å². The van der Waals surface area contributed by atoms with Crippen LogP contribution in [0.1, 0.15) is 71.0 Å². The van der Waals surface area contributed by atoms with Gasteiger partial charge in [0.25, 0.3) is 5.91 Å². The van der Waals surface area contributed by atoms with Gasteiger partial charge in [0.05, 0.1) is 17.8 Å². The Labute approximate surface area is 239 Å². The minimum Gasteiger partial charge on any atom is -0.479 e. The Kier molecular flexibility index (Phi) is 8.10. The third-order valence-electron chi connectivity index (χ3n) is 7.35. The zero-order valence-corrected chi connectivity index (χ0v) is 24.4. The molecule has 0 bridgehead atoms. The number of rotatable bonds is 9. The van der Waals surface area contributed by atoms with Crippen molar-refractivity contribution in [3.63, 3.8) is 0 Å². The maximum absolute atomic E-state index is 13.8.